The topological polar surface area (TPSA) is 85.8 Å². The van der Waals surface area contributed by atoms with Crippen molar-refractivity contribution < 1.29 is 4.79 Å². The Bertz CT molecular complexity index is 258. The molecule has 13 heavy (non-hydrogen) atoms. The lowest BCUT2D eigenvalue weighted by Crippen LogP contribution is -2.40. The molecule has 1 aromatic heterocycles. The first kappa shape index (κ1) is 9.66. The van der Waals surface area contributed by atoms with Gasteiger partial charge in [-0.25, -0.2) is 0 Å². The number of carbonyl (C=O) groups excluding carboxylic acids is 1. The summed E-state index contributed by atoms with van der Waals surface area (Å²) in [6.45, 7) is 3.05. The van der Waals surface area contributed by atoms with Gasteiger partial charge in [-0.05, 0) is 6.92 Å². The molecule has 0 aliphatic carbocycles. The summed E-state index contributed by atoms with van der Waals surface area (Å²) in [5.74, 6) is -0.349. The van der Waals surface area contributed by atoms with Crippen molar-refractivity contribution in [2.45, 2.75) is 19.5 Å². The SMILES string of the molecule is CC(NCCn1ccnn1)C(N)=O. The molecular weight excluding hydrogens is 170 g/mol. The lowest BCUT2D eigenvalue weighted by molar-refractivity contribution is -0.119. The Hall–Kier alpha value is -1.43. The van der Waals surface area contributed by atoms with E-state index in [1.807, 2.05) is 0 Å². The minimum Gasteiger partial charge on any atom is -0.368 e. The number of hydrogen-bond acceptors (Lipinski definition) is 4. The molecule has 72 valence electrons. The summed E-state index contributed by atoms with van der Waals surface area (Å²) >= 11 is 0. The van der Waals surface area contributed by atoms with E-state index in [2.05, 4.69) is 15.6 Å². The summed E-state index contributed by atoms with van der Waals surface area (Å²) in [7, 11) is 0. The van der Waals surface area contributed by atoms with E-state index in [1.165, 1.54) is 0 Å². The smallest absolute Gasteiger partial charge is 0.234 e. The van der Waals surface area contributed by atoms with E-state index in [4.69, 9.17) is 5.73 Å². The first-order valence-electron chi connectivity index (χ1n) is 4.07. The lowest BCUT2D eigenvalue weighted by Gasteiger charge is -2.08. The van der Waals surface area contributed by atoms with Gasteiger partial charge in [0.05, 0.1) is 18.8 Å². The van der Waals surface area contributed by atoms with Crippen LogP contribution in [-0.4, -0.2) is 33.5 Å². The zero-order valence-electron chi connectivity index (χ0n) is 7.47. The Balaban J connectivity index is 2.18. The average Bonchev–Trinajstić information content (AvgIpc) is 2.56. The van der Waals surface area contributed by atoms with E-state index in [0.717, 1.165) is 0 Å². The van der Waals surface area contributed by atoms with Crippen LogP contribution in [0.2, 0.25) is 0 Å². The zero-order valence-corrected chi connectivity index (χ0v) is 7.47. The van der Waals surface area contributed by atoms with E-state index in [-0.39, 0.29) is 11.9 Å². The van der Waals surface area contributed by atoms with Crippen molar-refractivity contribution in [2.75, 3.05) is 6.54 Å². The number of amides is 1. The Morgan fingerprint density at radius 2 is 2.54 bits per heavy atom. The van der Waals surface area contributed by atoms with Gasteiger partial charge in [0.2, 0.25) is 5.91 Å². The molecule has 0 saturated heterocycles. The number of nitrogens with zero attached hydrogens (tertiary/aromatic N) is 3. The van der Waals surface area contributed by atoms with E-state index < -0.39 is 0 Å². The number of nitrogens with two attached hydrogens (primary N) is 1. The van der Waals surface area contributed by atoms with Crippen molar-refractivity contribution in [1.29, 1.82) is 0 Å². The Labute approximate surface area is 76.1 Å². The van der Waals surface area contributed by atoms with E-state index in [0.29, 0.717) is 13.1 Å². The van der Waals surface area contributed by atoms with Gasteiger partial charge in [-0.15, -0.1) is 5.10 Å². The molecule has 1 amide bonds. The highest BCUT2D eigenvalue weighted by atomic mass is 16.1. The van der Waals surface area contributed by atoms with Crippen LogP contribution in [0, 0.1) is 0 Å². The number of aromatic nitrogens is 3. The highest BCUT2D eigenvalue weighted by Gasteiger charge is 2.05. The van der Waals surface area contributed by atoms with Crippen LogP contribution < -0.4 is 11.1 Å². The minimum absolute atomic E-state index is 0.302. The van der Waals surface area contributed by atoms with Gasteiger partial charge >= 0.3 is 0 Å². The third-order valence-corrected chi connectivity index (χ3v) is 1.69. The van der Waals surface area contributed by atoms with Crippen LogP contribution in [0.15, 0.2) is 12.4 Å². The fourth-order valence-electron chi connectivity index (χ4n) is 0.848. The lowest BCUT2D eigenvalue weighted by atomic mass is 10.3. The fraction of sp³-hybridized carbons (Fsp3) is 0.571. The van der Waals surface area contributed by atoms with Gasteiger partial charge in [0.15, 0.2) is 0 Å². The maximum Gasteiger partial charge on any atom is 0.234 e. The molecule has 6 heteroatoms. The summed E-state index contributed by atoms with van der Waals surface area (Å²) in [6, 6.07) is -0.302. The molecule has 0 radical (unpaired) electrons. The molecule has 1 heterocycles. The summed E-state index contributed by atoms with van der Waals surface area (Å²) in [4.78, 5) is 10.6. The standard InChI is InChI=1S/C7H13N5O/c1-6(7(8)13)9-2-4-12-5-3-10-11-12/h3,5-6,9H,2,4H2,1H3,(H2,8,13). The Morgan fingerprint density at radius 3 is 3.08 bits per heavy atom. The average molecular weight is 183 g/mol. The highest BCUT2D eigenvalue weighted by molar-refractivity contribution is 5.79. The van der Waals surface area contributed by atoms with Gasteiger partial charge in [0.1, 0.15) is 0 Å². The van der Waals surface area contributed by atoms with Crippen LogP contribution in [-0.2, 0) is 11.3 Å². The van der Waals surface area contributed by atoms with Crippen molar-refractivity contribution in [3.05, 3.63) is 12.4 Å². The van der Waals surface area contributed by atoms with Crippen LogP contribution in [0.3, 0.4) is 0 Å². The summed E-state index contributed by atoms with van der Waals surface area (Å²) < 4.78 is 1.68. The summed E-state index contributed by atoms with van der Waals surface area (Å²) in [5, 5.41) is 10.4. The molecule has 0 aromatic carbocycles. The van der Waals surface area contributed by atoms with Crippen LogP contribution >= 0.6 is 0 Å². The first-order valence-corrected chi connectivity index (χ1v) is 4.07. The monoisotopic (exact) mass is 183 g/mol. The zero-order chi connectivity index (χ0) is 9.68. The van der Waals surface area contributed by atoms with Crippen LogP contribution in [0.4, 0.5) is 0 Å². The van der Waals surface area contributed by atoms with Gasteiger partial charge in [-0.2, -0.15) is 0 Å². The van der Waals surface area contributed by atoms with Gasteiger partial charge in [0, 0.05) is 12.7 Å². The number of carbonyl (C=O) groups is 1. The van der Waals surface area contributed by atoms with Crippen LogP contribution in [0.25, 0.3) is 0 Å². The third-order valence-electron chi connectivity index (χ3n) is 1.69. The number of rotatable bonds is 5. The van der Waals surface area contributed by atoms with E-state index >= 15 is 0 Å². The molecule has 1 unspecified atom stereocenters. The number of hydrogen-bond donors (Lipinski definition) is 2. The maximum absolute atomic E-state index is 10.6. The van der Waals surface area contributed by atoms with Crippen molar-refractivity contribution in [2.24, 2.45) is 5.73 Å². The predicted molar refractivity (Wildman–Crippen MR) is 46.7 cm³/mol. The Kier molecular flexibility index (Phi) is 3.39. The molecule has 0 saturated carbocycles. The normalized spacial score (nSPS) is 12.7. The molecular formula is C7H13N5O. The molecule has 1 aromatic rings. The number of primary amides is 1. The van der Waals surface area contributed by atoms with Gasteiger partial charge in [-0.3, -0.25) is 9.48 Å². The van der Waals surface area contributed by atoms with Crippen molar-refractivity contribution in [3.63, 3.8) is 0 Å². The minimum atomic E-state index is -0.349. The Morgan fingerprint density at radius 1 is 1.77 bits per heavy atom. The first-order chi connectivity index (χ1) is 6.20. The van der Waals surface area contributed by atoms with Gasteiger partial charge in [-0.1, -0.05) is 5.21 Å². The van der Waals surface area contributed by atoms with Crippen molar-refractivity contribution in [1.82, 2.24) is 20.3 Å². The fourth-order valence-corrected chi connectivity index (χ4v) is 0.848. The van der Waals surface area contributed by atoms with Gasteiger partial charge in [0.25, 0.3) is 0 Å². The molecule has 0 aliphatic rings. The van der Waals surface area contributed by atoms with Crippen LogP contribution in [0.1, 0.15) is 6.92 Å². The summed E-state index contributed by atoms with van der Waals surface area (Å²) in [5.41, 5.74) is 5.06. The molecule has 1 atom stereocenters. The highest BCUT2D eigenvalue weighted by Crippen LogP contribution is 1.81. The molecule has 0 fully saturated rings. The number of nitrogens with one attached hydrogen (secondary N) is 1. The molecule has 0 aliphatic heterocycles. The molecule has 0 bridgehead atoms. The second-order valence-electron chi connectivity index (χ2n) is 2.74. The largest absolute Gasteiger partial charge is 0.368 e. The molecule has 0 spiro atoms. The van der Waals surface area contributed by atoms with Gasteiger partial charge < -0.3 is 11.1 Å². The molecule has 6 nitrogen and oxygen atoms in total. The van der Waals surface area contributed by atoms with Crippen molar-refractivity contribution in [3.8, 4) is 0 Å². The molecule has 1 rings (SSSR count). The maximum atomic E-state index is 10.6. The van der Waals surface area contributed by atoms with E-state index in [9.17, 15) is 4.79 Å². The molecule has 3 N–H and O–H groups in total. The van der Waals surface area contributed by atoms with Crippen molar-refractivity contribution >= 4 is 5.91 Å². The second kappa shape index (κ2) is 4.56. The quantitative estimate of drug-likeness (QED) is 0.596. The second-order valence-corrected chi connectivity index (χ2v) is 2.74. The van der Waals surface area contributed by atoms with Crippen LogP contribution in [0.5, 0.6) is 0 Å². The predicted octanol–water partition coefficient (Wildman–Crippen LogP) is -1.26. The van der Waals surface area contributed by atoms with E-state index in [1.54, 1.807) is 24.0 Å². The summed E-state index contributed by atoms with van der Waals surface area (Å²) in [6.07, 6.45) is 3.37. The third kappa shape index (κ3) is 3.20.